The average Bonchev–Trinajstić information content (AvgIpc) is 3.47. The Morgan fingerprint density at radius 2 is 1.52 bits per heavy atom. The molecule has 0 radical (unpaired) electrons. The van der Waals surface area contributed by atoms with Crippen LogP contribution in [0.15, 0.2) is 78.9 Å². The fourth-order valence-electron chi connectivity index (χ4n) is 5.37. The van der Waals surface area contributed by atoms with Crippen LogP contribution in [0, 0.1) is 11.6 Å². The van der Waals surface area contributed by atoms with Crippen molar-refractivity contribution in [2.75, 3.05) is 17.1 Å². The summed E-state index contributed by atoms with van der Waals surface area (Å²) in [7, 11) is -3.84. The third-order valence-electron chi connectivity index (χ3n) is 7.54. The van der Waals surface area contributed by atoms with E-state index in [1.807, 2.05) is 30.3 Å². The first-order valence-corrected chi connectivity index (χ1v) is 16.1. The summed E-state index contributed by atoms with van der Waals surface area (Å²) >= 11 is 0. The zero-order valence-corrected chi connectivity index (χ0v) is 24.5. The number of carbonyl (C=O) groups excluding carboxylic acids is 2. The van der Waals surface area contributed by atoms with Crippen LogP contribution in [0.1, 0.15) is 49.7 Å². The lowest BCUT2D eigenvalue weighted by atomic mass is 10.0. The lowest BCUT2D eigenvalue weighted by Crippen LogP contribution is -2.52. The Labute approximate surface area is 246 Å². The number of anilines is 1. The van der Waals surface area contributed by atoms with Gasteiger partial charge in [0.15, 0.2) is 0 Å². The molecule has 224 valence electrons. The maximum absolute atomic E-state index is 14.8. The van der Waals surface area contributed by atoms with Gasteiger partial charge in [-0.1, -0.05) is 73.5 Å². The van der Waals surface area contributed by atoms with E-state index in [1.165, 1.54) is 35.2 Å². The van der Waals surface area contributed by atoms with Gasteiger partial charge in [-0.2, -0.15) is 0 Å². The van der Waals surface area contributed by atoms with E-state index in [0.29, 0.717) is 0 Å². The number of hydrogen-bond acceptors (Lipinski definition) is 4. The van der Waals surface area contributed by atoms with Crippen molar-refractivity contribution in [1.82, 2.24) is 10.2 Å². The predicted molar refractivity (Wildman–Crippen MR) is 159 cm³/mol. The molecular weight excluding hydrogens is 560 g/mol. The fraction of sp³-hybridized carbons (Fsp3) is 0.375. The summed E-state index contributed by atoms with van der Waals surface area (Å²) < 4.78 is 55.2. The Bertz CT molecular complexity index is 1460. The largest absolute Gasteiger partial charge is 0.352 e. The molecule has 1 atom stereocenters. The summed E-state index contributed by atoms with van der Waals surface area (Å²) in [5.41, 5.74) is 1.01. The van der Waals surface area contributed by atoms with E-state index < -0.39 is 33.6 Å². The molecule has 1 N–H and O–H groups in total. The SMILES string of the molecule is CS(=O)(=O)N(CCCC(=O)N(Cc1ccccc1F)[C@@H](Cc1ccccc1)C(=O)NC1CCCC1)c1ccccc1F. The van der Waals surface area contributed by atoms with Crippen LogP contribution >= 0.6 is 0 Å². The summed E-state index contributed by atoms with van der Waals surface area (Å²) in [4.78, 5) is 29.0. The number of amides is 2. The average molecular weight is 598 g/mol. The molecule has 42 heavy (non-hydrogen) atoms. The Hall–Kier alpha value is -3.79. The molecule has 1 aliphatic rings. The molecule has 0 aromatic heterocycles. The number of hydrogen-bond donors (Lipinski definition) is 1. The summed E-state index contributed by atoms with van der Waals surface area (Å²) in [6, 6.07) is 20.1. The lowest BCUT2D eigenvalue weighted by Gasteiger charge is -2.33. The highest BCUT2D eigenvalue weighted by Crippen LogP contribution is 2.24. The van der Waals surface area contributed by atoms with Gasteiger partial charge in [0.25, 0.3) is 0 Å². The molecular formula is C32H37F2N3O4S. The number of halogens is 2. The molecule has 1 fully saturated rings. The molecule has 0 heterocycles. The van der Waals surface area contributed by atoms with Gasteiger partial charge >= 0.3 is 0 Å². The first-order chi connectivity index (χ1) is 20.1. The van der Waals surface area contributed by atoms with Crippen LogP contribution < -0.4 is 9.62 Å². The lowest BCUT2D eigenvalue weighted by molar-refractivity contribution is -0.141. The number of rotatable bonds is 13. The highest BCUT2D eigenvalue weighted by atomic mass is 32.2. The van der Waals surface area contributed by atoms with E-state index in [0.717, 1.165) is 41.8 Å². The molecule has 3 aromatic carbocycles. The van der Waals surface area contributed by atoms with Crippen molar-refractivity contribution in [2.24, 2.45) is 0 Å². The highest BCUT2D eigenvalue weighted by Gasteiger charge is 2.32. The molecule has 7 nitrogen and oxygen atoms in total. The van der Waals surface area contributed by atoms with Crippen molar-refractivity contribution in [1.29, 1.82) is 0 Å². The van der Waals surface area contributed by atoms with E-state index in [4.69, 9.17) is 0 Å². The van der Waals surface area contributed by atoms with Crippen LogP contribution in [-0.2, 0) is 32.6 Å². The van der Waals surface area contributed by atoms with Gasteiger partial charge in [0.05, 0.1) is 11.9 Å². The Balaban J connectivity index is 1.60. The number of para-hydroxylation sites is 1. The van der Waals surface area contributed by atoms with Crippen molar-refractivity contribution in [2.45, 2.75) is 63.6 Å². The third kappa shape index (κ3) is 8.38. The topological polar surface area (TPSA) is 86.8 Å². The van der Waals surface area contributed by atoms with Crippen LogP contribution in [0.5, 0.6) is 0 Å². The number of nitrogens with one attached hydrogen (secondary N) is 1. The van der Waals surface area contributed by atoms with Gasteiger partial charge in [0.1, 0.15) is 17.7 Å². The second-order valence-electron chi connectivity index (χ2n) is 10.7. The van der Waals surface area contributed by atoms with Crippen LogP contribution in [-0.4, -0.2) is 50.0 Å². The molecule has 1 aliphatic carbocycles. The number of benzene rings is 3. The first kappa shape index (κ1) is 31.2. The quantitative estimate of drug-likeness (QED) is 0.293. The second-order valence-corrected chi connectivity index (χ2v) is 12.6. The zero-order chi connectivity index (χ0) is 30.1. The van der Waals surface area contributed by atoms with E-state index in [-0.39, 0.29) is 55.6 Å². The summed E-state index contributed by atoms with van der Waals surface area (Å²) in [5, 5.41) is 3.10. The molecule has 3 aromatic rings. The Morgan fingerprint density at radius 1 is 0.905 bits per heavy atom. The molecule has 0 unspecified atom stereocenters. The minimum Gasteiger partial charge on any atom is -0.352 e. The number of sulfonamides is 1. The second kappa shape index (κ2) is 14.4. The first-order valence-electron chi connectivity index (χ1n) is 14.2. The molecule has 0 bridgehead atoms. The Kier molecular flexibility index (Phi) is 10.7. The van der Waals surface area contributed by atoms with Gasteiger partial charge < -0.3 is 10.2 Å². The van der Waals surface area contributed by atoms with Crippen molar-refractivity contribution in [3.8, 4) is 0 Å². The van der Waals surface area contributed by atoms with E-state index in [9.17, 15) is 26.8 Å². The van der Waals surface area contributed by atoms with E-state index in [1.54, 1.807) is 18.2 Å². The smallest absolute Gasteiger partial charge is 0.243 e. The molecule has 0 saturated heterocycles. The predicted octanol–water partition coefficient (Wildman–Crippen LogP) is 5.21. The van der Waals surface area contributed by atoms with Gasteiger partial charge in [-0.15, -0.1) is 0 Å². The Morgan fingerprint density at radius 3 is 2.17 bits per heavy atom. The highest BCUT2D eigenvalue weighted by molar-refractivity contribution is 7.92. The fourth-order valence-corrected chi connectivity index (χ4v) is 6.33. The van der Waals surface area contributed by atoms with Crippen LogP contribution in [0.25, 0.3) is 0 Å². The monoisotopic (exact) mass is 597 g/mol. The summed E-state index contributed by atoms with van der Waals surface area (Å²) in [6.07, 6.45) is 4.91. The molecule has 1 saturated carbocycles. The molecule has 10 heteroatoms. The van der Waals surface area contributed by atoms with Crippen molar-refractivity contribution >= 4 is 27.5 Å². The maximum atomic E-state index is 14.8. The maximum Gasteiger partial charge on any atom is 0.243 e. The minimum absolute atomic E-state index is 0.0188. The van der Waals surface area contributed by atoms with Gasteiger partial charge in [0, 0.05) is 37.5 Å². The van der Waals surface area contributed by atoms with Crippen molar-refractivity contribution in [3.63, 3.8) is 0 Å². The van der Waals surface area contributed by atoms with Crippen molar-refractivity contribution in [3.05, 3.63) is 102 Å². The number of carbonyl (C=O) groups is 2. The minimum atomic E-state index is -3.84. The van der Waals surface area contributed by atoms with E-state index in [2.05, 4.69) is 5.32 Å². The molecule has 0 spiro atoms. The van der Waals surface area contributed by atoms with Crippen LogP contribution in [0.2, 0.25) is 0 Å². The molecule has 2 amide bonds. The van der Waals surface area contributed by atoms with Crippen molar-refractivity contribution < 1.29 is 26.8 Å². The van der Waals surface area contributed by atoms with Crippen LogP contribution in [0.3, 0.4) is 0 Å². The number of nitrogens with zero attached hydrogens (tertiary/aromatic N) is 2. The molecule has 4 rings (SSSR count). The van der Waals surface area contributed by atoms with Gasteiger partial charge in [-0.05, 0) is 43.0 Å². The zero-order valence-electron chi connectivity index (χ0n) is 23.7. The van der Waals surface area contributed by atoms with Crippen LogP contribution in [0.4, 0.5) is 14.5 Å². The summed E-state index contributed by atoms with van der Waals surface area (Å²) in [5.74, 6) is -1.92. The molecule has 0 aliphatic heterocycles. The third-order valence-corrected chi connectivity index (χ3v) is 8.72. The van der Waals surface area contributed by atoms with Gasteiger partial charge in [-0.25, -0.2) is 17.2 Å². The standard InChI is InChI=1S/C32H37F2N3O4S/c1-42(40,41)37(29-19-10-9-18-28(29)34)21-11-20-31(38)36(23-25-14-5-8-17-27(25)33)30(22-24-12-3-2-4-13-24)32(39)35-26-15-6-7-16-26/h2-5,8-10,12-14,17-19,26,30H,6-7,11,15-16,20-23H2,1H3,(H,35,39)/t30-/m0/s1. The summed E-state index contributed by atoms with van der Waals surface area (Å²) in [6.45, 7) is -0.277. The van der Waals surface area contributed by atoms with Gasteiger partial charge in [0.2, 0.25) is 21.8 Å². The van der Waals surface area contributed by atoms with E-state index >= 15 is 0 Å². The normalized spacial score (nSPS) is 14.4. The van der Waals surface area contributed by atoms with Gasteiger partial charge in [-0.3, -0.25) is 13.9 Å².